The Morgan fingerprint density at radius 1 is 1.19 bits per heavy atom. The Labute approximate surface area is 158 Å². The van der Waals surface area contributed by atoms with E-state index in [1.165, 1.54) is 19.9 Å². The molecule has 1 heterocycles. The SMILES string of the molecule is COc1cccc(/C=C/C(=O)O[C@H](C)C(=O)c2[nH]c(C)c(C(C)=O)c2C)c1. The zero-order chi connectivity index (χ0) is 20.1. The Balaban J connectivity index is 2.08. The number of esters is 1. The monoisotopic (exact) mass is 369 g/mol. The molecular formula is C21H23NO5. The number of rotatable bonds is 7. The van der Waals surface area contributed by atoms with E-state index in [0.29, 0.717) is 22.6 Å². The lowest BCUT2D eigenvalue weighted by molar-refractivity contribution is -0.140. The number of carbonyl (C=O) groups is 3. The first-order chi connectivity index (χ1) is 12.7. The van der Waals surface area contributed by atoms with E-state index in [0.717, 1.165) is 5.56 Å². The van der Waals surface area contributed by atoms with Crippen LogP contribution in [-0.2, 0) is 9.53 Å². The second-order valence-electron chi connectivity index (χ2n) is 6.23. The number of hydrogen-bond acceptors (Lipinski definition) is 5. The molecule has 1 aromatic heterocycles. The third-order valence-corrected chi connectivity index (χ3v) is 4.20. The Morgan fingerprint density at radius 2 is 1.89 bits per heavy atom. The van der Waals surface area contributed by atoms with Crippen LogP contribution in [0.5, 0.6) is 5.75 Å². The quantitative estimate of drug-likeness (QED) is 0.457. The lowest BCUT2D eigenvalue weighted by Crippen LogP contribution is -2.24. The van der Waals surface area contributed by atoms with Crippen LogP contribution in [0.15, 0.2) is 30.3 Å². The highest BCUT2D eigenvalue weighted by molar-refractivity contribution is 6.05. The molecule has 2 aromatic rings. The number of carbonyl (C=O) groups excluding carboxylic acids is 3. The van der Waals surface area contributed by atoms with E-state index in [1.54, 1.807) is 45.2 Å². The molecule has 0 unspecified atom stereocenters. The number of nitrogens with one attached hydrogen (secondary N) is 1. The summed E-state index contributed by atoms with van der Waals surface area (Å²) >= 11 is 0. The van der Waals surface area contributed by atoms with E-state index < -0.39 is 12.1 Å². The third kappa shape index (κ3) is 4.73. The van der Waals surface area contributed by atoms with Crippen LogP contribution in [0, 0.1) is 13.8 Å². The maximum absolute atomic E-state index is 12.6. The summed E-state index contributed by atoms with van der Waals surface area (Å²) in [6.07, 6.45) is 1.86. The molecule has 0 aliphatic heterocycles. The molecule has 0 radical (unpaired) electrons. The van der Waals surface area contributed by atoms with Gasteiger partial charge in [0.1, 0.15) is 5.75 Å². The number of ketones is 2. The number of aromatic amines is 1. The smallest absolute Gasteiger partial charge is 0.331 e. The lowest BCUT2D eigenvalue weighted by Gasteiger charge is -2.10. The fraction of sp³-hybridized carbons (Fsp3) is 0.286. The number of ether oxygens (including phenoxy) is 2. The predicted octanol–water partition coefficient (Wildman–Crippen LogP) is 3.67. The fourth-order valence-corrected chi connectivity index (χ4v) is 2.90. The van der Waals surface area contributed by atoms with Crippen molar-refractivity contribution in [2.75, 3.05) is 7.11 Å². The van der Waals surface area contributed by atoms with Gasteiger partial charge in [0.25, 0.3) is 0 Å². The molecule has 1 atom stereocenters. The molecule has 142 valence electrons. The molecule has 0 amide bonds. The van der Waals surface area contributed by atoms with Gasteiger partial charge in [-0.15, -0.1) is 0 Å². The molecular weight excluding hydrogens is 346 g/mol. The van der Waals surface area contributed by atoms with Crippen molar-refractivity contribution in [3.8, 4) is 5.75 Å². The van der Waals surface area contributed by atoms with Crippen molar-refractivity contribution in [2.45, 2.75) is 33.8 Å². The van der Waals surface area contributed by atoms with Crippen LogP contribution < -0.4 is 4.74 Å². The Bertz CT molecular complexity index is 907. The van der Waals surface area contributed by atoms with Crippen molar-refractivity contribution < 1.29 is 23.9 Å². The van der Waals surface area contributed by atoms with Crippen molar-refractivity contribution in [1.82, 2.24) is 4.98 Å². The highest BCUT2D eigenvalue weighted by atomic mass is 16.5. The number of aryl methyl sites for hydroxylation is 1. The first-order valence-corrected chi connectivity index (χ1v) is 8.51. The first-order valence-electron chi connectivity index (χ1n) is 8.51. The van der Waals surface area contributed by atoms with Crippen molar-refractivity contribution in [3.63, 3.8) is 0 Å². The van der Waals surface area contributed by atoms with Crippen LogP contribution in [-0.4, -0.2) is 35.7 Å². The highest BCUT2D eigenvalue weighted by Gasteiger charge is 2.25. The van der Waals surface area contributed by atoms with E-state index >= 15 is 0 Å². The molecule has 2 rings (SSSR count). The van der Waals surface area contributed by atoms with Crippen molar-refractivity contribution in [3.05, 3.63) is 58.4 Å². The van der Waals surface area contributed by atoms with Gasteiger partial charge in [-0.3, -0.25) is 9.59 Å². The van der Waals surface area contributed by atoms with Crippen LogP contribution in [0.1, 0.15) is 51.5 Å². The number of methoxy groups -OCH3 is 1. The van der Waals surface area contributed by atoms with Crippen LogP contribution in [0.25, 0.3) is 6.08 Å². The molecule has 0 spiro atoms. The summed E-state index contributed by atoms with van der Waals surface area (Å²) in [4.78, 5) is 39.2. The van der Waals surface area contributed by atoms with E-state index in [-0.39, 0.29) is 17.3 Å². The zero-order valence-corrected chi connectivity index (χ0v) is 16.1. The van der Waals surface area contributed by atoms with Crippen LogP contribution >= 0.6 is 0 Å². The standard InChI is InChI=1S/C21H23NO5/c1-12-19(14(3)23)13(2)22-20(12)21(25)15(4)27-18(24)10-9-16-7-6-8-17(11-16)26-5/h6-11,15,22H,1-5H3/b10-9+/t15-/m1/s1. The van der Waals surface area contributed by atoms with Gasteiger partial charge < -0.3 is 14.5 Å². The highest BCUT2D eigenvalue weighted by Crippen LogP contribution is 2.20. The Hall–Kier alpha value is -3.15. The van der Waals surface area contributed by atoms with Gasteiger partial charge >= 0.3 is 5.97 Å². The van der Waals surface area contributed by atoms with E-state index in [2.05, 4.69) is 4.98 Å². The third-order valence-electron chi connectivity index (χ3n) is 4.20. The maximum Gasteiger partial charge on any atom is 0.331 e. The second-order valence-corrected chi connectivity index (χ2v) is 6.23. The summed E-state index contributed by atoms with van der Waals surface area (Å²) < 4.78 is 10.3. The zero-order valence-electron chi connectivity index (χ0n) is 16.1. The summed E-state index contributed by atoms with van der Waals surface area (Å²) in [7, 11) is 1.56. The summed E-state index contributed by atoms with van der Waals surface area (Å²) in [5, 5.41) is 0. The number of Topliss-reactive ketones (excluding diaryl/α,β-unsaturated/α-hetero) is 2. The number of aromatic nitrogens is 1. The first kappa shape index (κ1) is 20.2. The second kappa shape index (κ2) is 8.49. The van der Waals surface area contributed by atoms with Gasteiger partial charge in [0, 0.05) is 17.3 Å². The number of H-pyrrole nitrogens is 1. The Kier molecular flexibility index (Phi) is 6.34. The molecule has 1 aromatic carbocycles. The predicted molar refractivity (Wildman–Crippen MR) is 102 cm³/mol. The lowest BCUT2D eigenvalue weighted by atomic mass is 10.0. The molecule has 0 fully saturated rings. The Morgan fingerprint density at radius 3 is 2.48 bits per heavy atom. The summed E-state index contributed by atoms with van der Waals surface area (Å²) in [5.74, 6) is -0.461. The number of benzene rings is 1. The van der Waals surface area contributed by atoms with Gasteiger partial charge in [-0.05, 0) is 57.0 Å². The molecule has 27 heavy (non-hydrogen) atoms. The fourth-order valence-electron chi connectivity index (χ4n) is 2.90. The van der Waals surface area contributed by atoms with Crippen molar-refractivity contribution in [2.24, 2.45) is 0 Å². The molecule has 0 saturated heterocycles. The van der Waals surface area contributed by atoms with Crippen LogP contribution in [0.3, 0.4) is 0 Å². The minimum Gasteiger partial charge on any atom is -0.497 e. The largest absolute Gasteiger partial charge is 0.497 e. The van der Waals surface area contributed by atoms with Gasteiger partial charge in [0.05, 0.1) is 12.8 Å². The van der Waals surface area contributed by atoms with Gasteiger partial charge in [-0.1, -0.05) is 12.1 Å². The molecule has 0 aliphatic rings. The van der Waals surface area contributed by atoms with Gasteiger partial charge in [-0.25, -0.2) is 4.79 Å². The molecule has 6 heteroatoms. The minimum absolute atomic E-state index is 0.119. The van der Waals surface area contributed by atoms with Crippen LogP contribution in [0.4, 0.5) is 0 Å². The molecule has 6 nitrogen and oxygen atoms in total. The normalized spacial score (nSPS) is 12.0. The molecule has 0 bridgehead atoms. The number of hydrogen-bond donors (Lipinski definition) is 1. The van der Waals surface area contributed by atoms with Crippen LogP contribution in [0.2, 0.25) is 0 Å². The summed E-state index contributed by atoms with van der Waals surface area (Å²) in [6.45, 7) is 6.38. The van der Waals surface area contributed by atoms with E-state index in [4.69, 9.17) is 9.47 Å². The van der Waals surface area contributed by atoms with Gasteiger partial charge in [-0.2, -0.15) is 0 Å². The summed E-state index contributed by atoms with van der Waals surface area (Å²) in [6, 6.07) is 7.19. The van der Waals surface area contributed by atoms with Crippen molar-refractivity contribution >= 4 is 23.6 Å². The van der Waals surface area contributed by atoms with Gasteiger partial charge in [0.2, 0.25) is 5.78 Å². The maximum atomic E-state index is 12.6. The average Bonchev–Trinajstić information content (AvgIpc) is 2.93. The van der Waals surface area contributed by atoms with Crippen molar-refractivity contribution in [1.29, 1.82) is 0 Å². The van der Waals surface area contributed by atoms with E-state index in [9.17, 15) is 14.4 Å². The van der Waals surface area contributed by atoms with Gasteiger partial charge in [0.15, 0.2) is 11.9 Å². The molecule has 0 aliphatic carbocycles. The van der Waals surface area contributed by atoms with E-state index in [1.807, 2.05) is 6.07 Å². The topological polar surface area (TPSA) is 85.5 Å². The summed E-state index contributed by atoms with van der Waals surface area (Å²) in [5.41, 5.74) is 2.75. The minimum atomic E-state index is -0.982. The average molecular weight is 369 g/mol. The molecule has 0 saturated carbocycles. The molecule has 1 N–H and O–H groups in total.